The molecule has 0 unspecified atom stereocenters. The number of aromatic nitrogens is 2. The lowest BCUT2D eigenvalue weighted by atomic mass is 10.2. The van der Waals surface area contributed by atoms with Gasteiger partial charge >= 0.3 is 0 Å². The van der Waals surface area contributed by atoms with Crippen LogP contribution in [0.1, 0.15) is 0 Å². The molecule has 1 heterocycles. The van der Waals surface area contributed by atoms with Gasteiger partial charge in [0, 0.05) is 18.1 Å². The maximum atomic E-state index is 12.9. The third-order valence-electron chi connectivity index (χ3n) is 3.16. The number of halogens is 1. The fraction of sp³-hybridized carbons (Fsp3) is 0.0714. The van der Waals surface area contributed by atoms with E-state index in [9.17, 15) is 4.39 Å². The van der Waals surface area contributed by atoms with Crippen molar-refractivity contribution in [3.63, 3.8) is 0 Å². The summed E-state index contributed by atoms with van der Waals surface area (Å²) in [5.74, 6) is -0.255. The monoisotopic (exact) mass is 256 g/mol. The Morgan fingerprint density at radius 2 is 1.95 bits per heavy atom. The maximum absolute atomic E-state index is 12.9. The first kappa shape index (κ1) is 11.5. The van der Waals surface area contributed by atoms with E-state index < -0.39 is 0 Å². The quantitative estimate of drug-likeness (QED) is 0.693. The van der Waals surface area contributed by atoms with Gasteiger partial charge in [-0.1, -0.05) is 0 Å². The molecule has 96 valence electrons. The van der Waals surface area contributed by atoms with Gasteiger partial charge in [0.25, 0.3) is 0 Å². The Labute approximate surface area is 109 Å². The second-order valence-electron chi connectivity index (χ2n) is 4.40. The van der Waals surface area contributed by atoms with Crippen LogP contribution in [0.5, 0.6) is 0 Å². The minimum Gasteiger partial charge on any atom is -0.397 e. The molecule has 0 saturated heterocycles. The highest BCUT2D eigenvalue weighted by Gasteiger charge is 2.10. The number of anilines is 3. The maximum Gasteiger partial charge on any atom is 0.123 e. The zero-order valence-electron chi connectivity index (χ0n) is 10.4. The van der Waals surface area contributed by atoms with E-state index >= 15 is 0 Å². The van der Waals surface area contributed by atoms with Crippen molar-refractivity contribution < 1.29 is 4.39 Å². The Kier molecular flexibility index (Phi) is 2.59. The molecule has 0 aliphatic rings. The van der Waals surface area contributed by atoms with Crippen LogP contribution in [0.25, 0.3) is 10.9 Å². The standard InChI is InChI=1S/C14H13FN4/c1-19(11-4-2-10(15)3-5-11)14-7-13-9(6-12(14)16)8-17-18-13/h2-8H,16H2,1H3,(H,17,18). The van der Waals surface area contributed by atoms with E-state index in [1.165, 1.54) is 12.1 Å². The van der Waals surface area contributed by atoms with E-state index in [1.54, 1.807) is 18.3 Å². The SMILES string of the molecule is CN(c1ccc(F)cc1)c1cc2[nH]ncc2cc1N. The van der Waals surface area contributed by atoms with Gasteiger partial charge in [0.2, 0.25) is 0 Å². The molecule has 3 aromatic rings. The topological polar surface area (TPSA) is 57.9 Å². The van der Waals surface area contributed by atoms with Crippen LogP contribution in [-0.2, 0) is 0 Å². The van der Waals surface area contributed by atoms with E-state index in [2.05, 4.69) is 10.2 Å². The Morgan fingerprint density at radius 1 is 1.21 bits per heavy atom. The second-order valence-corrected chi connectivity index (χ2v) is 4.40. The summed E-state index contributed by atoms with van der Waals surface area (Å²) in [6.45, 7) is 0. The summed E-state index contributed by atoms with van der Waals surface area (Å²) >= 11 is 0. The first-order valence-corrected chi connectivity index (χ1v) is 5.87. The molecule has 0 saturated carbocycles. The molecule has 0 aliphatic heterocycles. The highest BCUT2D eigenvalue weighted by atomic mass is 19.1. The third kappa shape index (κ3) is 1.99. The molecular formula is C14H13FN4. The summed E-state index contributed by atoms with van der Waals surface area (Å²) in [6.07, 6.45) is 1.73. The van der Waals surface area contributed by atoms with E-state index in [-0.39, 0.29) is 5.82 Å². The van der Waals surface area contributed by atoms with Crippen LogP contribution in [0.2, 0.25) is 0 Å². The molecular weight excluding hydrogens is 243 g/mol. The molecule has 3 N–H and O–H groups in total. The summed E-state index contributed by atoms with van der Waals surface area (Å²) in [7, 11) is 1.89. The van der Waals surface area contributed by atoms with Gasteiger partial charge in [0.1, 0.15) is 5.82 Å². The molecule has 0 radical (unpaired) electrons. The Bertz CT molecular complexity index is 718. The van der Waals surface area contributed by atoms with Crippen molar-refractivity contribution in [3.05, 3.63) is 48.4 Å². The molecule has 0 atom stereocenters. The Hall–Kier alpha value is -2.56. The van der Waals surface area contributed by atoms with Gasteiger partial charge < -0.3 is 10.6 Å². The molecule has 4 nitrogen and oxygen atoms in total. The number of rotatable bonds is 2. The zero-order chi connectivity index (χ0) is 13.4. The van der Waals surface area contributed by atoms with E-state index in [1.807, 2.05) is 24.1 Å². The number of nitrogens with two attached hydrogens (primary N) is 1. The number of nitrogen functional groups attached to an aromatic ring is 1. The summed E-state index contributed by atoms with van der Waals surface area (Å²) in [5, 5.41) is 7.86. The molecule has 0 bridgehead atoms. The number of aromatic amines is 1. The minimum atomic E-state index is -0.255. The van der Waals surface area contributed by atoms with E-state index in [0.717, 1.165) is 22.3 Å². The van der Waals surface area contributed by atoms with Gasteiger partial charge in [0.05, 0.1) is 23.1 Å². The molecule has 2 aromatic carbocycles. The highest BCUT2D eigenvalue weighted by Crippen LogP contribution is 2.32. The van der Waals surface area contributed by atoms with Gasteiger partial charge in [-0.3, -0.25) is 5.10 Å². The predicted molar refractivity (Wildman–Crippen MR) is 75.0 cm³/mol. The van der Waals surface area contributed by atoms with Gasteiger partial charge in [0.15, 0.2) is 0 Å². The Balaban J connectivity index is 2.07. The fourth-order valence-corrected chi connectivity index (χ4v) is 2.09. The van der Waals surface area contributed by atoms with Crippen molar-refractivity contribution >= 4 is 28.0 Å². The molecule has 19 heavy (non-hydrogen) atoms. The van der Waals surface area contributed by atoms with Crippen LogP contribution < -0.4 is 10.6 Å². The minimum absolute atomic E-state index is 0.255. The van der Waals surface area contributed by atoms with Gasteiger partial charge in [-0.05, 0) is 36.4 Å². The number of hydrogen-bond acceptors (Lipinski definition) is 3. The van der Waals surface area contributed by atoms with Crippen molar-refractivity contribution in [1.82, 2.24) is 10.2 Å². The zero-order valence-corrected chi connectivity index (χ0v) is 10.4. The first-order chi connectivity index (χ1) is 9.15. The molecule has 0 aliphatic carbocycles. The Morgan fingerprint density at radius 3 is 2.68 bits per heavy atom. The first-order valence-electron chi connectivity index (χ1n) is 5.87. The van der Waals surface area contributed by atoms with Crippen molar-refractivity contribution in [2.75, 3.05) is 17.7 Å². The third-order valence-corrected chi connectivity index (χ3v) is 3.16. The number of nitrogens with zero attached hydrogens (tertiary/aromatic N) is 2. The predicted octanol–water partition coefficient (Wildman–Crippen LogP) is 3.05. The van der Waals surface area contributed by atoms with Crippen molar-refractivity contribution in [3.8, 4) is 0 Å². The summed E-state index contributed by atoms with van der Waals surface area (Å²) in [6, 6.07) is 10.1. The summed E-state index contributed by atoms with van der Waals surface area (Å²) in [5.41, 5.74) is 9.34. The highest BCUT2D eigenvalue weighted by molar-refractivity contribution is 5.90. The van der Waals surface area contributed by atoms with Crippen molar-refractivity contribution in [1.29, 1.82) is 0 Å². The van der Waals surface area contributed by atoms with Crippen LogP contribution in [0.3, 0.4) is 0 Å². The van der Waals surface area contributed by atoms with Gasteiger partial charge in [-0.25, -0.2) is 4.39 Å². The lowest BCUT2D eigenvalue weighted by Gasteiger charge is -2.21. The number of hydrogen-bond donors (Lipinski definition) is 2. The summed E-state index contributed by atoms with van der Waals surface area (Å²) < 4.78 is 12.9. The average molecular weight is 256 g/mol. The van der Waals surface area contributed by atoms with E-state index in [0.29, 0.717) is 5.69 Å². The van der Waals surface area contributed by atoms with E-state index in [4.69, 9.17) is 5.73 Å². The smallest absolute Gasteiger partial charge is 0.123 e. The molecule has 1 aromatic heterocycles. The van der Waals surface area contributed by atoms with Gasteiger partial charge in [-0.2, -0.15) is 5.10 Å². The second kappa shape index (κ2) is 4.28. The number of H-pyrrole nitrogens is 1. The molecule has 0 fully saturated rings. The van der Waals surface area contributed by atoms with Crippen molar-refractivity contribution in [2.24, 2.45) is 0 Å². The van der Waals surface area contributed by atoms with Gasteiger partial charge in [-0.15, -0.1) is 0 Å². The number of nitrogens with one attached hydrogen (secondary N) is 1. The normalized spacial score (nSPS) is 10.8. The van der Waals surface area contributed by atoms with Crippen LogP contribution in [-0.4, -0.2) is 17.2 Å². The molecule has 0 amide bonds. The fourth-order valence-electron chi connectivity index (χ4n) is 2.09. The van der Waals surface area contributed by atoms with Crippen LogP contribution in [0, 0.1) is 5.82 Å². The van der Waals surface area contributed by atoms with Crippen LogP contribution in [0.15, 0.2) is 42.6 Å². The number of benzene rings is 2. The van der Waals surface area contributed by atoms with Crippen molar-refractivity contribution in [2.45, 2.75) is 0 Å². The van der Waals surface area contributed by atoms with Crippen LogP contribution in [0.4, 0.5) is 21.5 Å². The lowest BCUT2D eigenvalue weighted by molar-refractivity contribution is 0.628. The largest absolute Gasteiger partial charge is 0.397 e. The summed E-state index contributed by atoms with van der Waals surface area (Å²) in [4.78, 5) is 1.91. The lowest BCUT2D eigenvalue weighted by Crippen LogP contribution is -2.11. The average Bonchev–Trinajstić information content (AvgIpc) is 2.85. The van der Waals surface area contributed by atoms with Crippen LogP contribution >= 0.6 is 0 Å². The number of fused-ring (bicyclic) bond motifs is 1. The molecule has 5 heteroatoms. The molecule has 0 spiro atoms. The molecule has 3 rings (SSSR count).